The maximum Gasteiger partial charge on any atom is 0.151 e. The lowest BCUT2D eigenvalue weighted by atomic mass is 10.2. The number of methoxy groups -OCH3 is 1. The van der Waals surface area contributed by atoms with Gasteiger partial charge in [0.2, 0.25) is 0 Å². The minimum Gasteiger partial charge on any atom is -0.494 e. The fourth-order valence-corrected chi connectivity index (χ4v) is 1.32. The zero-order valence-electron chi connectivity index (χ0n) is 6.91. The van der Waals surface area contributed by atoms with Crippen molar-refractivity contribution < 1.29 is 9.84 Å². The molecule has 0 aliphatic heterocycles. The van der Waals surface area contributed by atoms with Crippen molar-refractivity contribution in [3.63, 3.8) is 0 Å². The van der Waals surface area contributed by atoms with Crippen LogP contribution in [0.2, 0.25) is 0 Å². The largest absolute Gasteiger partial charge is 0.494 e. The summed E-state index contributed by atoms with van der Waals surface area (Å²) in [5.41, 5.74) is 0.627. The monoisotopic (exact) mass is 231 g/mol. The van der Waals surface area contributed by atoms with E-state index in [1.165, 1.54) is 0 Å². The molecule has 0 radical (unpaired) electrons. The van der Waals surface area contributed by atoms with Crippen LogP contribution in [-0.4, -0.2) is 17.2 Å². The number of hydrogen-bond acceptors (Lipinski definition) is 3. The average molecular weight is 232 g/mol. The van der Waals surface area contributed by atoms with Crippen LogP contribution in [0.5, 0.6) is 5.75 Å². The summed E-state index contributed by atoms with van der Waals surface area (Å²) in [4.78, 5) is 4.09. The second-order valence-corrected chi connectivity index (χ2v) is 3.16. The number of rotatable bonds is 2. The normalized spacial score (nSPS) is 12.7. The predicted molar refractivity (Wildman–Crippen MR) is 49.1 cm³/mol. The number of aliphatic hydroxyl groups is 1. The molecule has 1 unspecified atom stereocenters. The van der Waals surface area contributed by atoms with Gasteiger partial charge in [0.25, 0.3) is 0 Å². The van der Waals surface area contributed by atoms with Gasteiger partial charge in [0.15, 0.2) is 5.75 Å². The molecule has 0 aliphatic carbocycles. The highest BCUT2D eigenvalue weighted by atomic mass is 79.9. The third-order valence-corrected chi connectivity index (χ3v) is 2.05. The molecule has 66 valence electrons. The van der Waals surface area contributed by atoms with Gasteiger partial charge in [0.05, 0.1) is 18.9 Å². The third-order valence-electron chi connectivity index (χ3n) is 1.48. The summed E-state index contributed by atoms with van der Waals surface area (Å²) in [7, 11) is 1.57. The highest BCUT2D eigenvalue weighted by Crippen LogP contribution is 2.24. The number of halogens is 1. The van der Waals surface area contributed by atoms with Crippen molar-refractivity contribution in [3.05, 3.63) is 22.4 Å². The Morgan fingerprint density at radius 2 is 2.25 bits per heavy atom. The second-order valence-electron chi connectivity index (χ2n) is 2.41. The Balaban J connectivity index is 3.02. The van der Waals surface area contributed by atoms with Crippen LogP contribution in [0.3, 0.4) is 0 Å². The molecule has 0 aliphatic rings. The van der Waals surface area contributed by atoms with E-state index in [4.69, 9.17) is 4.74 Å². The summed E-state index contributed by atoms with van der Waals surface area (Å²) < 4.78 is 5.60. The molecule has 3 nitrogen and oxygen atoms in total. The highest BCUT2D eigenvalue weighted by Gasteiger charge is 2.06. The summed E-state index contributed by atoms with van der Waals surface area (Å²) >= 11 is 3.23. The van der Waals surface area contributed by atoms with Crippen LogP contribution in [0.4, 0.5) is 0 Å². The zero-order valence-corrected chi connectivity index (χ0v) is 8.50. The summed E-state index contributed by atoms with van der Waals surface area (Å²) in [6.07, 6.45) is -0.549. The molecule has 0 bridgehead atoms. The first kappa shape index (κ1) is 9.48. The van der Waals surface area contributed by atoms with E-state index in [0.29, 0.717) is 16.0 Å². The Labute approximate surface area is 79.5 Å². The van der Waals surface area contributed by atoms with Gasteiger partial charge >= 0.3 is 0 Å². The Morgan fingerprint density at radius 1 is 1.58 bits per heavy atom. The molecule has 1 atom stereocenters. The molecule has 1 aromatic rings. The minimum atomic E-state index is -0.549. The average Bonchev–Trinajstić information content (AvgIpc) is 2.04. The predicted octanol–water partition coefficient (Wildman–Crippen LogP) is 1.91. The van der Waals surface area contributed by atoms with Crippen molar-refractivity contribution >= 4 is 15.9 Å². The standard InChI is InChI=1S/C8H10BrNO2/c1-5(11)6-3-4-7(12-2)8(9)10-6/h3-5,11H,1-2H3. The molecule has 1 rings (SSSR count). The molecular formula is C8H10BrNO2. The van der Waals surface area contributed by atoms with E-state index in [2.05, 4.69) is 20.9 Å². The van der Waals surface area contributed by atoms with Crippen molar-refractivity contribution in [1.29, 1.82) is 0 Å². The molecule has 0 amide bonds. The van der Waals surface area contributed by atoms with Gasteiger partial charge in [0, 0.05) is 0 Å². The maximum atomic E-state index is 9.19. The first-order chi connectivity index (χ1) is 5.65. The number of nitrogens with zero attached hydrogens (tertiary/aromatic N) is 1. The number of aliphatic hydroxyl groups excluding tert-OH is 1. The summed E-state index contributed by atoms with van der Waals surface area (Å²) in [6, 6.07) is 3.49. The summed E-state index contributed by atoms with van der Waals surface area (Å²) in [6.45, 7) is 1.67. The molecule has 0 aromatic carbocycles. The minimum absolute atomic E-state index is 0.549. The molecule has 0 fully saturated rings. The molecule has 12 heavy (non-hydrogen) atoms. The molecule has 1 heterocycles. The molecule has 0 spiro atoms. The SMILES string of the molecule is COc1ccc(C(C)O)nc1Br. The van der Waals surface area contributed by atoms with Crippen molar-refractivity contribution in [2.24, 2.45) is 0 Å². The summed E-state index contributed by atoms with van der Waals surface area (Å²) in [5, 5.41) is 9.19. The van der Waals surface area contributed by atoms with Gasteiger partial charge in [0.1, 0.15) is 4.60 Å². The molecule has 0 saturated heterocycles. The Bertz CT molecular complexity index is 276. The van der Waals surface area contributed by atoms with E-state index < -0.39 is 6.10 Å². The first-order valence-electron chi connectivity index (χ1n) is 3.53. The van der Waals surface area contributed by atoms with E-state index in [-0.39, 0.29) is 0 Å². The number of aromatic nitrogens is 1. The van der Waals surface area contributed by atoms with Gasteiger partial charge in [-0.15, -0.1) is 0 Å². The van der Waals surface area contributed by atoms with Crippen LogP contribution in [-0.2, 0) is 0 Å². The molecule has 1 aromatic heterocycles. The van der Waals surface area contributed by atoms with E-state index >= 15 is 0 Å². The molecule has 1 N–H and O–H groups in total. The second kappa shape index (κ2) is 3.87. The van der Waals surface area contributed by atoms with E-state index in [9.17, 15) is 5.11 Å². The zero-order chi connectivity index (χ0) is 9.14. The maximum absolute atomic E-state index is 9.19. The van der Waals surface area contributed by atoms with Crippen LogP contribution < -0.4 is 4.74 Å². The van der Waals surface area contributed by atoms with E-state index in [1.807, 2.05) is 0 Å². The Morgan fingerprint density at radius 3 is 2.67 bits per heavy atom. The summed E-state index contributed by atoms with van der Waals surface area (Å²) in [5.74, 6) is 0.666. The van der Waals surface area contributed by atoms with Crippen LogP contribution >= 0.6 is 15.9 Å². The Hall–Kier alpha value is -0.610. The van der Waals surface area contributed by atoms with E-state index in [0.717, 1.165) is 0 Å². The topological polar surface area (TPSA) is 42.4 Å². The van der Waals surface area contributed by atoms with Crippen molar-refractivity contribution in [2.75, 3.05) is 7.11 Å². The molecular weight excluding hydrogens is 222 g/mol. The smallest absolute Gasteiger partial charge is 0.151 e. The van der Waals surface area contributed by atoms with E-state index in [1.54, 1.807) is 26.2 Å². The van der Waals surface area contributed by atoms with Crippen molar-refractivity contribution in [3.8, 4) is 5.75 Å². The van der Waals surface area contributed by atoms with Gasteiger partial charge in [-0.05, 0) is 35.0 Å². The molecule has 4 heteroatoms. The van der Waals surface area contributed by atoms with Crippen LogP contribution in [0, 0.1) is 0 Å². The number of hydrogen-bond donors (Lipinski definition) is 1. The lowest BCUT2D eigenvalue weighted by molar-refractivity contribution is 0.194. The fourth-order valence-electron chi connectivity index (χ4n) is 0.820. The third kappa shape index (κ3) is 1.95. The number of pyridine rings is 1. The van der Waals surface area contributed by atoms with Crippen LogP contribution in [0.15, 0.2) is 16.7 Å². The number of ether oxygens (including phenoxy) is 1. The Kier molecular flexibility index (Phi) is 3.05. The van der Waals surface area contributed by atoms with Crippen molar-refractivity contribution in [1.82, 2.24) is 4.98 Å². The van der Waals surface area contributed by atoms with Crippen LogP contribution in [0.1, 0.15) is 18.7 Å². The van der Waals surface area contributed by atoms with Gasteiger partial charge in [-0.25, -0.2) is 4.98 Å². The lowest BCUT2D eigenvalue weighted by Crippen LogP contribution is -1.96. The quantitative estimate of drug-likeness (QED) is 0.792. The van der Waals surface area contributed by atoms with Crippen molar-refractivity contribution in [2.45, 2.75) is 13.0 Å². The highest BCUT2D eigenvalue weighted by molar-refractivity contribution is 9.10. The van der Waals surface area contributed by atoms with Gasteiger partial charge < -0.3 is 9.84 Å². The van der Waals surface area contributed by atoms with Gasteiger partial charge in [-0.3, -0.25) is 0 Å². The molecule has 0 saturated carbocycles. The van der Waals surface area contributed by atoms with Crippen LogP contribution in [0.25, 0.3) is 0 Å². The van der Waals surface area contributed by atoms with Gasteiger partial charge in [-0.1, -0.05) is 0 Å². The lowest BCUT2D eigenvalue weighted by Gasteiger charge is -2.06. The van der Waals surface area contributed by atoms with Gasteiger partial charge in [-0.2, -0.15) is 0 Å². The fraction of sp³-hybridized carbons (Fsp3) is 0.375. The first-order valence-corrected chi connectivity index (χ1v) is 4.33.